The Hall–Kier alpha value is -2.43. The molecule has 1 saturated carbocycles. The fourth-order valence-electron chi connectivity index (χ4n) is 4.07. The topological polar surface area (TPSA) is 71.9 Å². The van der Waals surface area contributed by atoms with Gasteiger partial charge >= 0.3 is 5.69 Å². The summed E-state index contributed by atoms with van der Waals surface area (Å²) in [6.07, 6.45) is 4.84. The molecule has 138 valence electrons. The molecule has 1 heterocycles. The summed E-state index contributed by atoms with van der Waals surface area (Å²) in [4.78, 5) is 40.6. The highest BCUT2D eigenvalue weighted by Crippen LogP contribution is 2.26. The fourth-order valence-corrected chi connectivity index (χ4v) is 4.07. The number of ketones is 1. The zero-order valence-electron chi connectivity index (χ0n) is 15.7. The van der Waals surface area contributed by atoms with Crippen LogP contribution < -0.4 is 11.2 Å². The maximum atomic E-state index is 13.3. The monoisotopic (exact) mass is 354 g/mol. The maximum Gasteiger partial charge on any atom is 0.328 e. The third-order valence-corrected chi connectivity index (χ3v) is 5.26. The molecule has 0 aliphatic heterocycles. The van der Waals surface area contributed by atoms with Crippen molar-refractivity contribution in [1.82, 2.24) is 9.55 Å². The highest BCUT2D eigenvalue weighted by atomic mass is 16.2. The molecule has 0 saturated heterocycles. The Bertz CT molecular complexity index is 926. The molecule has 1 aliphatic carbocycles. The highest BCUT2D eigenvalue weighted by Gasteiger charge is 2.25. The van der Waals surface area contributed by atoms with Gasteiger partial charge in [-0.2, -0.15) is 0 Å². The van der Waals surface area contributed by atoms with E-state index in [1.807, 2.05) is 39.0 Å². The number of nitrogens with one attached hydrogen (secondary N) is 1. The van der Waals surface area contributed by atoms with E-state index in [1.165, 1.54) is 4.57 Å². The van der Waals surface area contributed by atoms with Crippen molar-refractivity contribution in [2.75, 3.05) is 0 Å². The number of aromatic amines is 1. The first-order valence-electron chi connectivity index (χ1n) is 9.39. The van der Waals surface area contributed by atoms with Gasteiger partial charge in [0.25, 0.3) is 5.56 Å². The number of benzene rings is 1. The lowest BCUT2D eigenvalue weighted by Crippen LogP contribution is -2.38. The molecule has 0 spiro atoms. The molecule has 5 nitrogen and oxygen atoms in total. The van der Waals surface area contributed by atoms with Crippen LogP contribution in [-0.2, 0) is 13.0 Å². The molecule has 1 N–H and O–H groups in total. The van der Waals surface area contributed by atoms with E-state index in [2.05, 4.69) is 4.98 Å². The SMILES string of the molecule is CCc1c(C(=O)c2cc(C)cc(C)c2)n(CC2CCCC2)c(=O)[nH]c1=O. The molecule has 1 fully saturated rings. The van der Waals surface area contributed by atoms with Gasteiger partial charge in [0, 0.05) is 17.7 Å². The number of carbonyl (C=O) groups is 1. The Morgan fingerprint density at radius 3 is 2.31 bits per heavy atom. The fraction of sp³-hybridized carbons (Fsp3) is 0.476. The van der Waals surface area contributed by atoms with Crippen molar-refractivity contribution in [1.29, 1.82) is 0 Å². The molecule has 1 aliphatic rings. The normalized spacial score (nSPS) is 14.7. The number of rotatable bonds is 5. The molecule has 0 radical (unpaired) electrons. The lowest BCUT2D eigenvalue weighted by atomic mass is 9.98. The first-order valence-corrected chi connectivity index (χ1v) is 9.39. The average Bonchev–Trinajstić information content (AvgIpc) is 3.08. The van der Waals surface area contributed by atoms with Crippen LogP contribution in [0.4, 0.5) is 0 Å². The Kier molecular flexibility index (Phi) is 5.25. The summed E-state index contributed by atoms with van der Waals surface area (Å²) in [5.74, 6) is 0.143. The van der Waals surface area contributed by atoms with Crippen LogP contribution in [0.3, 0.4) is 0 Å². The Morgan fingerprint density at radius 1 is 1.12 bits per heavy atom. The molecule has 3 rings (SSSR count). The zero-order chi connectivity index (χ0) is 18.8. The minimum Gasteiger partial charge on any atom is -0.290 e. The first-order chi connectivity index (χ1) is 12.4. The van der Waals surface area contributed by atoms with E-state index in [-0.39, 0.29) is 11.5 Å². The summed E-state index contributed by atoms with van der Waals surface area (Å²) in [6.45, 7) is 6.21. The lowest BCUT2D eigenvalue weighted by Gasteiger charge is -2.18. The second kappa shape index (κ2) is 7.44. The van der Waals surface area contributed by atoms with Crippen molar-refractivity contribution < 1.29 is 4.79 Å². The van der Waals surface area contributed by atoms with Crippen LogP contribution in [0.15, 0.2) is 27.8 Å². The van der Waals surface area contributed by atoms with E-state index in [9.17, 15) is 14.4 Å². The van der Waals surface area contributed by atoms with E-state index >= 15 is 0 Å². The second-order valence-electron chi connectivity index (χ2n) is 7.41. The molecule has 1 aromatic heterocycles. The van der Waals surface area contributed by atoms with Crippen molar-refractivity contribution in [3.8, 4) is 0 Å². The summed E-state index contributed by atoms with van der Waals surface area (Å²) in [5, 5.41) is 0. The molecule has 26 heavy (non-hydrogen) atoms. The summed E-state index contributed by atoms with van der Waals surface area (Å²) < 4.78 is 1.51. The number of aryl methyl sites for hydroxylation is 2. The van der Waals surface area contributed by atoms with Crippen LogP contribution in [0.2, 0.25) is 0 Å². The van der Waals surface area contributed by atoms with Gasteiger partial charge in [0.1, 0.15) is 5.69 Å². The van der Waals surface area contributed by atoms with Crippen LogP contribution in [0, 0.1) is 19.8 Å². The minimum atomic E-state index is -0.480. The maximum absolute atomic E-state index is 13.3. The average molecular weight is 354 g/mol. The van der Waals surface area contributed by atoms with E-state index in [1.54, 1.807) is 0 Å². The van der Waals surface area contributed by atoms with Gasteiger partial charge in [-0.25, -0.2) is 4.79 Å². The van der Waals surface area contributed by atoms with Gasteiger partial charge in [-0.3, -0.25) is 19.1 Å². The van der Waals surface area contributed by atoms with E-state index < -0.39 is 11.2 Å². The van der Waals surface area contributed by atoms with Gasteiger partial charge in [-0.1, -0.05) is 37.0 Å². The Balaban J connectivity index is 2.17. The van der Waals surface area contributed by atoms with Gasteiger partial charge < -0.3 is 0 Å². The van der Waals surface area contributed by atoms with E-state index in [0.717, 1.165) is 36.8 Å². The van der Waals surface area contributed by atoms with Crippen LogP contribution in [0.1, 0.15) is 65.3 Å². The van der Waals surface area contributed by atoms with Gasteiger partial charge in [0.05, 0.1) is 0 Å². The van der Waals surface area contributed by atoms with Gasteiger partial charge in [-0.15, -0.1) is 0 Å². The van der Waals surface area contributed by atoms with Crippen molar-refractivity contribution in [2.45, 2.75) is 59.4 Å². The van der Waals surface area contributed by atoms with Gasteiger partial charge in [0.2, 0.25) is 5.78 Å². The third-order valence-electron chi connectivity index (χ3n) is 5.26. The molecule has 1 aromatic carbocycles. The zero-order valence-corrected chi connectivity index (χ0v) is 15.7. The summed E-state index contributed by atoms with van der Waals surface area (Å²) >= 11 is 0. The molecule has 5 heteroatoms. The predicted octanol–water partition coefficient (Wildman–Crippen LogP) is 3.14. The van der Waals surface area contributed by atoms with Crippen molar-refractivity contribution in [3.05, 3.63) is 67.0 Å². The Morgan fingerprint density at radius 2 is 1.73 bits per heavy atom. The second-order valence-corrected chi connectivity index (χ2v) is 7.41. The van der Waals surface area contributed by atoms with Gasteiger partial charge in [0.15, 0.2) is 0 Å². The summed E-state index contributed by atoms with van der Waals surface area (Å²) in [5.41, 5.74) is 2.23. The van der Waals surface area contributed by atoms with E-state index in [0.29, 0.717) is 30.0 Å². The molecule has 0 amide bonds. The molecule has 0 atom stereocenters. The summed E-state index contributed by atoms with van der Waals surface area (Å²) in [7, 11) is 0. The number of nitrogens with zero attached hydrogens (tertiary/aromatic N) is 1. The molecule has 2 aromatic rings. The first kappa shape index (κ1) is 18.4. The molecular weight excluding hydrogens is 328 g/mol. The quantitative estimate of drug-likeness (QED) is 0.839. The highest BCUT2D eigenvalue weighted by molar-refractivity contribution is 6.09. The van der Waals surface area contributed by atoms with Crippen LogP contribution in [-0.4, -0.2) is 15.3 Å². The predicted molar refractivity (Wildman–Crippen MR) is 102 cm³/mol. The van der Waals surface area contributed by atoms with Crippen LogP contribution in [0.25, 0.3) is 0 Å². The van der Waals surface area contributed by atoms with Crippen LogP contribution in [0.5, 0.6) is 0 Å². The number of H-pyrrole nitrogens is 1. The smallest absolute Gasteiger partial charge is 0.290 e. The summed E-state index contributed by atoms with van der Waals surface area (Å²) in [6, 6.07) is 5.64. The number of aromatic nitrogens is 2. The van der Waals surface area contributed by atoms with Crippen molar-refractivity contribution >= 4 is 5.78 Å². The number of hydrogen-bond acceptors (Lipinski definition) is 3. The largest absolute Gasteiger partial charge is 0.328 e. The molecule has 0 bridgehead atoms. The minimum absolute atomic E-state index is 0.241. The van der Waals surface area contributed by atoms with Gasteiger partial charge in [-0.05, 0) is 51.2 Å². The van der Waals surface area contributed by atoms with Crippen molar-refractivity contribution in [2.24, 2.45) is 5.92 Å². The molecule has 0 unspecified atom stereocenters. The molecular formula is C21H26N2O3. The lowest BCUT2D eigenvalue weighted by molar-refractivity contribution is 0.102. The standard InChI is InChI=1S/C21H26N2O3/c1-4-17-18(19(24)16-10-13(2)9-14(3)11-16)23(21(26)22-20(17)25)12-15-7-5-6-8-15/h9-11,15H,4-8,12H2,1-3H3,(H,22,25,26). The van der Waals surface area contributed by atoms with Crippen molar-refractivity contribution in [3.63, 3.8) is 0 Å². The van der Waals surface area contributed by atoms with Crippen LogP contribution >= 0.6 is 0 Å². The number of hydrogen-bond donors (Lipinski definition) is 1. The van der Waals surface area contributed by atoms with E-state index in [4.69, 9.17) is 0 Å². The Labute approximate surface area is 153 Å². The third kappa shape index (κ3) is 3.57. The number of carbonyl (C=O) groups excluding carboxylic acids is 1.